The number of nitrogens with zero attached hydrogens (tertiary/aromatic N) is 1. The van der Waals surface area contributed by atoms with Gasteiger partial charge >= 0.3 is 0 Å². The number of nitrogens with one attached hydrogen (secondary N) is 1. The van der Waals surface area contributed by atoms with Gasteiger partial charge in [-0.05, 0) is 47.4 Å². The van der Waals surface area contributed by atoms with Crippen LogP contribution in [0, 0.1) is 11.2 Å². The number of benzene rings is 1. The van der Waals surface area contributed by atoms with Gasteiger partial charge in [0.1, 0.15) is 5.82 Å². The largest absolute Gasteiger partial charge is 0.347 e. The summed E-state index contributed by atoms with van der Waals surface area (Å²) in [6, 6.07) is 3.79. The molecule has 1 aliphatic carbocycles. The SMILES string of the molecule is CC(C)c1cc2c(cc1F)c(CNSC1CC1)cn2CC(C)(C)C. The topological polar surface area (TPSA) is 17.0 Å². The average molecular weight is 349 g/mol. The molecule has 1 aromatic carbocycles. The summed E-state index contributed by atoms with van der Waals surface area (Å²) in [5.74, 6) is 0.112. The van der Waals surface area contributed by atoms with Gasteiger partial charge in [-0.1, -0.05) is 46.6 Å². The van der Waals surface area contributed by atoms with Gasteiger partial charge in [0.05, 0.1) is 0 Å². The van der Waals surface area contributed by atoms with Crippen LogP contribution in [0.2, 0.25) is 0 Å². The molecular weight excluding hydrogens is 319 g/mol. The van der Waals surface area contributed by atoms with Crippen molar-refractivity contribution >= 4 is 22.9 Å². The Morgan fingerprint density at radius 1 is 1.29 bits per heavy atom. The van der Waals surface area contributed by atoms with Gasteiger partial charge in [-0.2, -0.15) is 0 Å². The van der Waals surface area contributed by atoms with Crippen LogP contribution in [0.3, 0.4) is 0 Å². The van der Waals surface area contributed by atoms with E-state index in [1.165, 1.54) is 18.4 Å². The molecule has 2 nitrogen and oxygen atoms in total. The van der Waals surface area contributed by atoms with Gasteiger partial charge in [-0.15, -0.1) is 0 Å². The molecule has 0 atom stereocenters. The predicted molar refractivity (Wildman–Crippen MR) is 103 cm³/mol. The molecule has 0 spiro atoms. The fourth-order valence-electron chi connectivity index (χ4n) is 3.05. The highest BCUT2D eigenvalue weighted by Crippen LogP contribution is 2.33. The molecule has 0 bridgehead atoms. The van der Waals surface area contributed by atoms with E-state index < -0.39 is 0 Å². The van der Waals surface area contributed by atoms with Gasteiger partial charge in [0.25, 0.3) is 0 Å². The second-order valence-corrected chi connectivity index (χ2v) is 9.72. The fourth-order valence-corrected chi connectivity index (χ4v) is 3.89. The molecular formula is C20H29FN2S. The minimum Gasteiger partial charge on any atom is -0.347 e. The van der Waals surface area contributed by atoms with E-state index in [9.17, 15) is 4.39 Å². The van der Waals surface area contributed by atoms with Crippen LogP contribution in [-0.4, -0.2) is 9.82 Å². The van der Waals surface area contributed by atoms with E-state index in [4.69, 9.17) is 0 Å². The smallest absolute Gasteiger partial charge is 0.127 e. The zero-order valence-corrected chi connectivity index (χ0v) is 16.3. The highest BCUT2D eigenvalue weighted by Gasteiger charge is 2.22. The molecule has 1 heterocycles. The zero-order chi connectivity index (χ0) is 17.5. The summed E-state index contributed by atoms with van der Waals surface area (Å²) in [7, 11) is 0. The summed E-state index contributed by atoms with van der Waals surface area (Å²) in [5.41, 5.74) is 3.34. The standard InChI is InChI=1S/C20H29FN2S/c1-13(2)16-9-19-17(8-18(16)21)14(10-22-24-15-6-7-15)11-23(19)12-20(3,4)5/h8-9,11,13,15,22H,6-7,10,12H2,1-5H3. The quantitative estimate of drug-likeness (QED) is 0.659. The van der Waals surface area contributed by atoms with Crippen LogP contribution in [0.25, 0.3) is 10.9 Å². The molecule has 0 amide bonds. The van der Waals surface area contributed by atoms with Crippen LogP contribution in [0.5, 0.6) is 0 Å². The second kappa shape index (κ2) is 6.72. The number of halogens is 1. The van der Waals surface area contributed by atoms with Gasteiger partial charge in [-0.25, -0.2) is 4.39 Å². The van der Waals surface area contributed by atoms with Crippen molar-refractivity contribution in [2.24, 2.45) is 5.41 Å². The second-order valence-electron chi connectivity index (χ2n) is 8.53. The molecule has 4 heteroatoms. The summed E-state index contributed by atoms with van der Waals surface area (Å²) in [4.78, 5) is 0. The molecule has 1 fully saturated rings. The number of fused-ring (bicyclic) bond motifs is 1. The molecule has 1 aliphatic rings. The Bertz CT molecular complexity index is 723. The first-order valence-corrected chi connectivity index (χ1v) is 9.82. The van der Waals surface area contributed by atoms with Gasteiger partial charge in [0.15, 0.2) is 0 Å². The lowest BCUT2D eigenvalue weighted by atomic mass is 9.96. The molecule has 132 valence electrons. The van der Waals surface area contributed by atoms with Crippen molar-refractivity contribution in [3.05, 3.63) is 35.3 Å². The van der Waals surface area contributed by atoms with Crippen molar-refractivity contribution < 1.29 is 4.39 Å². The molecule has 1 saturated carbocycles. The monoisotopic (exact) mass is 348 g/mol. The summed E-state index contributed by atoms with van der Waals surface area (Å²) >= 11 is 1.83. The van der Waals surface area contributed by atoms with Gasteiger partial charge < -0.3 is 4.57 Å². The average Bonchev–Trinajstić information content (AvgIpc) is 3.22. The minimum absolute atomic E-state index is 0.0814. The highest BCUT2D eigenvalue weighted by molar-refractivity contribution is 7.98. The maximum absolute atomic E-state index is 14.5. The first kappa shape index (κ1) is 17.8. The Hall–Kier alpha value is -1.00. The van der Waals surface area contributed by atoms with E-state index in [0.717, 1.165) is 34.8 Å². The molecule has 0 saturated heterocycles. The Morgan fingerprint density at radius 2 is 2.00 bits per heavy atom. The van der Waals surface area contributed by atoms with Crippen LogP contribution in [0.4, 0.5) is 4.39 Å². The van der Waals surface area contributed by atoms with Gasteiger partial charge in [-0.3, -0.25) is 4.72 Å². The molecule has 1 N–H and O–H groups in total. The summed E-state index contributed by atoms with van der Waals surface area (Å²) < 4.78 is 20.3. The van der Waals surface area contributed by atoms with E-state index in [0.29, 0.717) is 0 Å². The first-order valence-electron chi connectivity index (χ1n) is 8.94. The van der Waals surface area contributed by atoms with Crippen molar-refractivity contribution in [1.82, 2.24) is 9.29 Å². The first-order chi connectivity index (χ1) is 11.2. The third-order valence-electron chi connectivity index (χ3n) is 4.39. The number of aromatic nitrogens is 1. The van der Waals surface area contributed by atoms with E-state index in [1.807, 2.05) is 11.9 Å². The Balaban J connectivity index is 1.98. The van der Waals surface area contributed by atoms with Crippen molar-refractivity contribution in [2.45, 2.75) is 71.7 Å². The van der Waals surface area contributed by atoms with Crippen molar-refractivity contribution in [3.63, 3.8) is 0 Å². The molecule has 0 radical (unpaired) electrons. The molecule has 2 aromatic rings. The van der Waals surface area contributed by atoms with E-state index >= 15 is 0 Å². The fraction of sp³-hybridized carbons (Fsp3) is 0.600. The highest BCUT2D eigenvalue weighted by atomic mass is 32.2. The third-order valence-corrected chi connectivity index (χ3v) is 5.50. The van der Waals surface area contributed by atoms with Crippen molar-refractivity contribution in [3.8, 4) is 0 Å². The lowest BCUT2D eigenvalue weighted by Gasteiger charge is -2.20. The molecule has 0 unspecified atom stereocenters. The van der Waals surface area contributed by atoms with E-state index in [2.05, 4.69) is 56.2 Å². The number of rotatable bonds is 6. The lowest BCUT2D eigenvalue weighted by Crippen LogP contribution is -2.14. The molecule has 0 aliphatic heterocycles. The summed E-state index contributed by atoms with van der Waals surface area (Å²) in [5, 5.41) is 1.82. The van der Waals surface area contributed by atoms with Crippen LogP contribution in [0.1, 0.15) is 64.5 Å². The van der Waals surface area contributed by atoms with Crippen LogP contribution in [-0.2, 0) is 13.1 Å². The lowest BCUT2D eigenvalue weighted by molar-refractivity contribution is 0.349. The van der Waals surface area contributed by atoms with Crippen molar-refractivity contribution in [1.29, 1.82) is 0 Å². The van der Waals surface area contributed by atoms with E-state index in [-0.39, 0.29) is 17.2 Å². The summed E-state index contributed by atoms with van der Waals surface area (Å²) in [6.45, 7) is 12.6. The summed E-state index contributed by atoms with van der Waals surface area (Å²) in [6.07, 6.45) is 4.84. The molecule has 3 rings (SSSR count). The third kappa shape index (κ3) is 4.15. The Morgan fingerprint density at radius 3 is 2.58 bits per heavy atom. The maximum Gasteiger partial charge on any atom is 0.127 e. The normalized spacial score (nSPS) is 15.6. The van der Waals surface area contributed by atoms with Crippen molar-refractivity contribution in [2.75, 3.05) is 0 Å². The predicted octanol–water partition coefficient (Wildman–Crippen LogP) is 5.85. The van der Waals surface area contributed by atoms with Crippen LogP contribution >= 0.6 is 11.9 Å². The maximum atomic E-state index is 14.5. The number of hydrogen-bond donors (Lipinski definition) is 1. The van der Waals surface area contributed by atoms with E-state index in [1.54, 1.807) is 6.07 Å². The minimum atomic E-state index is -0.0814. The molecule has 24 heavy (non-hydrogen) atoms. The van der Waals surface area contributed by atoms with Crippen LogP contribution < -0.4 is 4.72 Å². The van der Waals surface area contributed by atoms with Gasteiger partial charge in [0, 0.05) is 35.4 Å². The van der Waals surface area contributed by atoms with Gasteiger partial charge in [0.2, 0.25) is 0 Å². The zero-order valence-electron chi connectivity index (χ0n) is 15.4. The molecule has 1 aromatic heterocycles. The van der Waals surface area contributed by atoms with Crippen LogP contribution in [0.15, 0.2) is 18.3 Å². The Labute approximate surface area is 149 Å². The Kier molecular flexibility index (Phi) is 4.99. The number of hydrogen-bond acceptors (Lipinski definition) is 2.